The van der Waals surface area contributed by atoms with Crippen LogP contribution < -0.4 is 5.48 Å². The molecule has 1 saturated carbocycles. The summed E-state index contributed by atoms with van der Waals surface area (Å²) in [5, 5.41) is 15.9. The van der Waals surface area contributed by atoms with Gasteiger partial charge in [0.05, 0.1) is 11.1 Å². The zero-order valence-electron chi connectivity index (χ0n) is 20.2. The highest BCUT2D eigenvalue weighted by molar-refractivity contribution is 6.09. The van der Waals surface area contributed by atoms with Crippen LogP contribution in [-0.4, -0.2) is 34.2 Å². The lowest BCUT2D eigenvalue weighted by Gasteiger charge is -2.43. The van der Waals surface area contributed by atoms with E-state index in [4.69, 9.17) is 9.57 Å². The van der Waals surface area contributed by atoms with E-state index in [0.29, 0.717) is 18.5 Å². The van der Waals surface area contributed by atoms with Crippen LogP contribution in [0.15, 0.2) is 72.8 Å². The Kier molecular flexibility index (Phi) is 4.27. The van der Waals surface area contributed by atoms with Gasteiger partial charge in [-0.1, -0.05) is 55.5 Å². The Bertz CT molecular complexity index is 1490. The van der Waals surface area contributed by atoms with Gasteiger partial charge in [0.15, 0.2) is 5.78 Å². The average molecular weight is 482 g/mol. The summed E-state index contributed by atoms with van der Waals surface area (Å²) in [6.45, 7) is 3.68. The molecule has 0 radical (unpaired) electrons. The van der Waals surface area contributed by atoms with Crippen LogP contribution in [0.1, 0.15) is 32.3 Å². The van der Waals surface area contributed by atoms with Crippen molar-refractivity contribution in [1.82, 2.24) is 5.48 Å². The lowest BCUT2D eigenvalue weighted by molar-refractivity contribution is -0.169. The number of carbonyl (C=O) groups excluding carboxylic acids is 2. The molecule has 4 aliphatic rings. The molecule has 182 valence electrons. The number of aliphatic hydroxyl groups is 1. The van der Waals surface area contributed by atoms with Gasteiger partial charge in [-0.2, -0.15) is 0 Å². The van der Waals surface area contributed by atoms with Crippen LogP contribution in [0.3, 0.4) is 0 Å². The fraction of sp³-hybridized carbons (Fsp3) is 0.333. The van der Waals surface area contributed by atoms with E-state index in [2.05, 4.69) is 35.8 Å². The number of allylic oxidation sites excluding steroid dienone is 1. The Morgan fingerprint density at radius 3 is 2.36 bits per heavy atom. The second-order valence-corrected chi connectivity index (χ2v) is 10.9. The highest BCUT2D eigenvalue weighted by Crippen LogP contribution is 2.59. The summed E-state index contributed by atoms with van der Waals surface area (Å²) in [6, 6.07) is 18.5. The first-order valence-corrected chi connectivity index (χ1v) is 12.5. The Morgan fingerprint density at radius 1 is 1.00 bits per heavy atom. The molecular weight excluding hydrogens is 454 g/mol. The Labute approximate surface area is 208 Å². The zero-order chi connectivity index (χ0) is 24.9. The van der Waals surface area contributed by atoms with Crippen molar-refractivity contribution < 1.29 is 24.3 Å². The first-order chi connectivity index (χ1) is 17.3. The number of hydroxylamine groups is 1. The van der Waals surface area contributed by atoms with Crippen molar-refractivity contribution in [3.05, 3.63) is 78.4 Å². The molecule has 0 aromatic heterocycles. The van der Waals surface area contributed by atoms with Crippen molar-refractivity contribution >= 4 is 39.0 Å². The summed E-state index contributed by atoms with van der Waals surface area (Å²) in [6.07, 6.45) is 5.29. The van der Waals surface area contributed by atoms with Gasteiger partial charge in [-0.25, -0.2) is 4.79 Å². The second kappa shape index (κ2) is 7.05. The van der Waals surface area contributed by atoms with E-state index in [-0.39, 0.29) is 11.7 Å². The van der Waals surface area contributed by atoms with Gasteiger partial charge in [0.2, 0.25) is 5.60 Å². The number of nitrogens with one attached hydrogen (secondary N) is 1. The minimum absolute atomic E-state index is 0.175. The van der Waals surface area contributed by atoms with Gasteiger partial charge >= 0.3 is 5.97 Å². The summed E-state index contributed by atoms with van der Waals surface area (Å²) in [7, 11) is 0. The van der Waals surface area contributed by atoms with Crippen LogP contribution in [0, 0.1) is 17.3 Å². The number of ketones is 1. The predicted octanol–water partition coefficient (Wildman–Crippen LogP) is 4.46. The van der Waals surface area contributed by atoms with Crippen LogP contribution in [0.2, 0.25) is 0 Å². The number of esters is 1. The molecule has 1 saturated heterocycles. The topological polar surface area (TPSA) is 84.9 Å². The second-order valence-electron chi connectivity index (χ2n) is 10.9. The van der Waals surface area contributed by atoms with E-state index in [0.717, 1.165) is 27.1 Å². The van der Waals surface area contributed by atoms with Gasteiger partial charge in [-0.05, 0) is 71.5 Å². The normalized spacial score (nSPS) is 37.1. The Balaban J connectivity index is 1.41. The maximum Gasteiger partial charge on any atom is 0.346 e. The fourth-order valence-electron chi connectivity index (χ4n) is 7.12. The van der Waals surface area contributed by atoms with Crippen LogP contribution in [0.5, 0.6) is 0 Å². The molecule has 2 aliphatic carbocycles. The minimum Gasteiger partial charge on any atom is -0.458 e. The molecule has 6 nitrogen and oxygen atoms in total. The van der Waals surface area contributed by atoms with E-state index >= 15 is 0 Å². The lowest BCUT2D eigenvalue weighted by atomic mass is 9.64. The molecule has 7 rings (SSSR count). The Hall–Kier alpha value is -3.48. The third-order valence-corrected chi connectivity index (χ3v) is 9.26. The van der Waals surface area contributed by atoms with Crippen molar-refractivity contribution in [3.8, 4) is 0 Å². The number of carbonyl (C=O) groups is 2. The van der Waals surface area contributed by atoms with Gasteiger partial charge in [-0.3, -0.25) is 15.1 Å². The van der Waals surface area contributed by atoms with E-state index in [1.807, 2.05) is 37.3 Å². The SMILES string of the molecule is C[C@H]1CC[C@@H]2[C@@H](OC(=O)C23C=C(c2c4ccccc4cc4ccccc24)NO3)[C@]2(C)C(=O)C=C[C@@]12O. The van der Waals surface area contributed by atoms with E-state index in [9.17, 15) is 14.7 Å². The summed E-state index contributed by atoms with van der Waals surface area (Å²) in [5.74, 6) is -1.34. The number of fused-ring (bicyclic) bond motifs is 6. The van der Waals surface area contributed by atoms with Crippen LogP contribution in [0.25, 0.3) is 27.2 Å². The summed E-state index contributed by atoms with van der Waals surface area (Å²) < 4.78 is 5.97. The number of rotatable bonds is 1. The van der Waals surface area contributed by atoms with E-state index in [1.165, 1.54) is 6.08 Å². The van der Waals surface area contributed by atoms with Crippen molar-refractivity contribution in [2.45, 2.75) is 44.0 Å². The molecule has 6 atom stereocenters. The maximum absolute atomic E-state index is 13.6. The molecule has 2 heterocycles. The summed E-state index contributed by atoms with van der Waals surface area (Å²) >= 11 is 0. The minimum atomic E-state index is -1.38. The maximum atomic E-state index is 13.6. The van der Waals surface area contributed by atoms with Crippen molar-refractivity contribution in [2.24, 2.45) is 17.3 Å². The molecule has 2 N–H and O–H groups in total. The fourth-order valence-corrected chi connectivity index (χ4v) is 7.12. The number of hydrogen-bond acceptors (Lipinski definition) is 6. The van der Waals surface area contributed by atoms with Crippen LogP contribution in [-0.2, 0) is 19.2 Å². The molecule has 2 fully saturated rings. The molecule has 1 unspecified atom stereocenters. The number of hydrogen-bond donors (Lipinski definition) is 2. The molecule has 36 heavy (non-hydrogen) atoms. The molecule has 0 bridgehead atoms. The molecule has 3 aromatic carbocycles. The first kappa shape index (κ1) is 21.8. The Morgan fingerprint density at radius 2 is 1.67 bits per heavy atom. The van der Waals surface area contributed by atoms with Crippen molar-refractivity contribution in [3.63, 3.8) is 0 Å². The highest BCUT2D eigenvalue weighted by Gasteiger charge is 2.72. The van der Waals surface area contributed by atoms with E-state index < -0.39 is 34.6 Å². The quantitative estimate of drug-likeness (QED) is 0.395. The van der Waals surface area contributed by atoms with Gasteiger partial charge in [0.25, 0.3) is 0 Å². The van der Waals surface area contributed by atoms with Crippen molar-refractivity contribution in [2.75, 3.05) is 0 Å². The molecule has 2 aliphatic heterocycles. The average Bonchev–Trinajstić information content (AvgIpc) is 3.50. The first-order valence-electron chi connectivity index (χ1n) is 12.5. The standard InChI is InChI=1S/C30H27NO5/c1-17-11-12-22-26(28(2)24(32)13-14-30(17,28)34)35-27(33)29(22)16-23(31-36-29)25-20-9-5-3-7-18(20)15-19-8-4-6-10-21(19)25/h3-10,13-17,22,26,31,34H,11-12H2,1-2H3/t17-,22+,26+,28-,29?,30+/m0/s1. The van der Waals surface area contributed by atoms with Gasteiger partial charge < -0.3 is 9.84 Å². The highest BCUT2D eigenvalue weighted by atomic mass is 16.7. The third-order valence-electron chi connectivity index (χ3n) is 9.26. The molecule has 1 spiro atoms. The largest absolute Gasteiger partial charge is 0.458 e. The molecular formula is C30H27NO5. The molecule has 6 heteroatoms. The number of benzene rings is 3. The van der Waals surface area contributed by atoms with E-state index in [1.54, 1.807) is 13.0 Å². The van der Waals surface area contributed by atoms with Crippen molar-refractivity contribution in [1.29, 1.82) is 0 Å². The summed E-state index contributed by atoms with van der Waals surface area (Å²) in [4.78, 5) is 32.9. The third kappa shape index (κ3) is 2.48. The lowest BCUT2D eigenvalue weighted by Crippen LogP contribution is -2.57. The smallest absolute Gasteiger partial charge is 0.346 e. The zero-order valence-corrected chi connectivity index (χ0v) is 20.2. The monoisotopic (exact) mass is 481 g/mol. The van der Waals surface area contributed by atoms with Gasteiger partial charge in [-0.15, -0.1) is 0 Å². The van der Waals surface area contributed by atoms with Gasteiger partial charge in [0, 0.05) is 11.5 Å². The molecule has 0 amide bonds. The molecule has 3 aromatic rings. The van der Waals surface area contributed by atoms with Crippen LogP contribution >= 0.6 is 0 Å². The number of ether oxygens (including phenoxy) is 1. The summed E-state index contributed by atoms with van der Waals surface area (Å²) in [5.41, 5.74) is 0.716. The van der Waals surface area contributed by atoms with Crippen LogP contribution in [0.4, 0.5) is 0 Å². The predicted molar refractivity (Wildman–Crippen MR) is 135 cm³/mol. The van der Waals surface area contributed by atoms with Gasteiger partial charge in [0.1, 0.15) is 11.7 Å².